The fourth-order valence-corrected chi connectivity index (χ4v) is 3.43. The molecule has 2 aliphatic rings. The number of aryl methyl sites for hydroxylation is 2. The molecular formula is C18H26N2O2. The highest BCUT2D eigenvalue weighted by Crippen LogP contribution is 2.22. The van der Waals surface area contributed by atoms with Crippen LogP contribution in [0.25, 0.3) is 0 Å². The lowest BCUT2D eigenvalue weighted by Crippen LogP contribution is -2.44. The maximum absolute atomic E-state index is 12.6. The second-order valence-corrected chi connectivity index (χ2v) is 6.59. The maximum Gasteiger partial charge on any atom is 0.227 e. The summed E-state index contributed by atoms with van der Waals surface area (Å²) in [5, 5.41) is 0. The molecule has 4 nitrogen and oxygen atoms in total. The Kier molecular flexibility index (Phi) is 4.79. The number of amides is 1. The number of hydrogen-bond acceptors (Lipinski definition) is 3. The first-order chi connectivity index (χ1) is 10.6. The first kappa shape index (κ1) is 15.5. The number of likely N-dealkylation sites (tertiary alicyclic amines) is 1. The van der Waals surface area contributed by atoms with Crippen molar-refractivity contribution in [3.63, 3.8) is 0 Å². The van der Waals surface area contributed by atoms with Crippen molar-refractivity contribution < 1.29 is 9.53 Å². The summed E-state index contributed by atoms with van der Waals surface area (Å²) in [4.78, 5) is 17.0. The van der Waals surface area contributed by atoms with E-state index in [9.17, 15) is 4.79 Å². The van der Waals surface area contributed by atoms with Gasteiger partial charge in [-0.2, -0.15) is 0 Å². The van der Waals surface area contributed by atoms with Crippen LogP contribution in [0.4, 0.5) is 0 Å². The van der Waals surface area contributed by atoms with Gasteiger partial charge in [0.1, 0.15) is 0 Å². The number of hydrogen-bond donors (Lipinski definition) is 0. The van der Waals surface area contributed by atoms with Crippen LogP contribution in [0.5, 0.6) is 0 Å². The van der Waals surface area contributed by atoms with E-state index in [-0.39, 0.29) is 5.92 Å². The highest BCUT2D eigenvalue weighted by molar-refractivity contribution is 5.79. The highest BCUT2D eigenvalue weighted by Gasteiger charge is 2.32. The first-order valence-electron chi connectivity index (χ1n) is 8.28. The van der Waals surface area contributed by atoms with Crippen molar-refractivity contribution in [2.45, 2.75) is 26.8 Å². The van der Waals surface area contributed by atoms with E-state index in [0.717, 1.165) is 39.1 Å². The lowest BCUT2D eigenvalue weighted by atomic mass is 10.1. The van der Waals surface area contributed by atoms with Gasteiger partial charge in [-0.25, -0.2) is 0 Å². The van der Waals surface area contributed by atoms with Crippen molar-refractivity contribution in [1.82, 2.24) is 9.80 Å². The standard InChI is InChI=1S/C18H26N2O2/c1-14-3-4-15(2)17(11-14)13-19-6-5-16(12-19)18(21)20-7-9-22-10-8-20/h3-4,11,16H,5-10,12-13H2,1-2H3. The van der Waals surface area contributed by atoms with Gasteiger partial charge in [0.05, 0.1) is 19.1 Å². The van der Waals surface area contributed by atoms with Crippen LogP contribution >= 0.6 is 0 Å². The van der Waals surface area contributed by atoms with Crippen molar-refractivity contribution >= 4 is 5.91 Å². The second-order valence-electron chi connectivity index (χ2n) is 6.59. The van der Waals surface area contributed by atoms with Crippen LogP contribution in [-0.4, -0.2) is 55.1 Å². The zero-order valence-corrected chi connectivity index (χ0v) is 13.7. The molecule has 0 radical (unpaired) electrons. The van der Waals surface area contributed by atoms with Crippen LogP contribution < -0.4 is 0 Å². The highest BCUT2D eigenvalue weighted by atomic mass is 16.5. The molecule has 0 N–H and O–H groups in total. The van der Waals surface area contributed by atoms with Gasteiger partial charge in [0.25, 0.3) is 0 Å². The predicted octanol–water partition coefficient (Wildman–Crippen LogP) is 1.98. The number of ether oxygens (including phenoxy) is 1. The Morgan fingerprint density at radius 3 is 2.77 bits per heavy atom. The van der Waals surface area contributed by atoms with E-state index in [1.165, 1.54) is 16.7 Å². The zero-order chi connectivity index (χ0) is 15.5. The quantitative estimate of drug-likeness (QED) is 0.856. The number of benzene rings is 1. The SMILES string of the molecule is Cc1ccc(C)c(CN2CCC(C(=O)N3CCOCC3)C2)c1. The fraction of sp³-hybridized carbons (Fsp3) is 0.611. The second kappa shape index (κ2) is 6.80. The summed E-state index contributed by atoms with van der Waals surface area (Å²) < 4.78 is 5.33. The van der Waals surface area contributed by atoms with E-state index in [4.69, 9.17) is 4.74 Å². The molecule has 1 unspecified atom stereocenters. The summed E-state index contributed by atoms with van der Waals surface area (Å²) in [6, 6.07) is 6.62. The molecule has 120 valence electrons. The first-order valence-corrected chi connectivity index (χ1v) is 8.28. The smallest absolute Gasteiger partial charge is 0.227 e. The Hall–Kier alpha value is -1.39. The summed E-state index contributed by atoms with van der Waals surface area (Å²) in [6.07, 6.45) is 0.987. The summed E-state index contributed by atoms with van der Waals surface area (Å²) in [6.45, 7) is 10.1. The molecular weight excluding hydrogens is 276 g/mol. The number of rotatable bonds is 3. The van der Waals surface area contributed by atoms with Crippen molar-refractivity contribution in [1.29, 1.82) is 0 Å². The number of carbonyl (C=O) groups is 1. The van der Waals surface area contributed by atoms with Crippen LogP contribution in [0.15, 0.2) is 18.2 Å². The molecule has 0 saturated carbocycles. The van der Waals surface area contributed by atoms with Gasteiger partial charge in [-0.05, 0) is 37.9 Å². The number of nitrogens with zero attached hydrogens (tertiary/aromatic N) is 2. The van der Waals surface area contributed by atoms with E-state index >= 15 is 0 Å². The van der Waals surface area contributed by atoms with Crippen LogP contribution in [-0.2, 0) is 16.1 Å². The summed E-state index contributed by atoms with van der Waals surface area (Å²) in [5.41, 5.74) is 4.04. The van der Waals surface area contributed by atoms with Crippen molar-refractivity contribution in [3.05, 3.63) is 34.9 Å². The molecule has 2 aliphatic heterocycles. The molecule has 1 aromatic rings. The van der Waals surface area contributed by atoms with Gasteiger partial charge >= 0.3 is 0 Å². The Bertz CT molecular complexity index is 538. The maximum atomic E-state index is 12.6. The van der Waals surface area contributed by atoms with Gasteiger partial charge in [0.15, 0.2) is 0 Å². The molecule has 0 aliphatic carbocycles. The van der Waals surface area contributed by atoms with Gasteiger partial charge in [-0.15, -0.1) is 0 Å². The molecule has 2 saturated heterocycles. The third kappa shape index (κ3) is 3.50. The van der Waals surface area contributed by atoms with Gasteiger partial charge in [-0.1, -0.05) is 23.8 Å². The lowest BCUT2D eigenvalue weighted by molar-refractivity contribution is -0.139. The van der Waals surface area contributed by atoms with Crippen molar-refractivity contribution in [2.24, 2.45) is 5.92 Å². The van der Waals surface area contributed by atoms with Gasteiger partial charge in [-0.3, -0.25) is 9.69 Å². The van der Waals surface area contributed by atoms with E-state index in [2.05, 4.69) is 36.9 Å². The average Bonchev–Trinajstić information content (AvgIpc) is 2.99. The molecule has 1 aromatic carbocycles. The molecule has 0 aromatic heterocycles. The van der Waals surface area contributed by atoms with Gasteiger partial charge in [0.2, 0.25) is 5.91 Å². The topological polar surface area (TPSA) is 32.8 Å². The van der Waals surface area contributed by atoms with Crippen LogP contribution in [0.2, 0.25) is 0 Å². The number of carbonyl (C=O) groups excluding carboxylic acids is 1. The van der Waals surface area contributed by atoms with Crippen LogP contribution in [0.3, 0.4) is 0 Å². The molecule has 22 heavy (non-hydrogen) atoms. The van der Waals surface area contributed by atoms with Crippen molar-refractivity contribution in [2.75, 3.05) is 39.4 Å². The average molecular weight is 302 g/mol. The molecule has 3 rings (SSSR count). The van der Waals surface area contributed by atoms with Gasteiger partial charge in [0, 0.05) is 26.2 Å². The van der Waals surface area contributed by atoms with Crippen LogP contribution in [0, 0.1) is 19.8 Å². The molecule has 1 amide bonds. The molecule has 2 fully saturated rings. The lowest BCUT2D eigenvalue weighted by Gasteiger charge is -2.29. The molecule has 0 bridgehead atoms. The Morgan fingerprint density at radius 2 is 2.00 bits per heavy atom. The van der Waals surface area contributed by atoms with E-state index in [0.29, 0.717) is 19.1 Å². The van der Waals surface area contributed by atoms with Crippen LogP contribution in [0.1, 0.15) is 23.1 Å². The fourth-order valence-electron chi connectivity index (χ4n) is 3.43. The minimum absolute atomic E-state index is 0.170. The Balaban J connectivity index is 1.57. The molecule has 0 spiro atoms. The largest absolute Gasteiger partial charge is 0.378 e. The van der Waals surface area contributed by atoms with Gasteiger partial charge < -0.3 is 9.64 Å². The summed E-state index contributed by atoms with van der Waals surface area (Å²) in [5.74, 6) is 0.495. The van der Waals surface area contributed by atoms with Crippen molar-refractivity contribution in [3.8, 4) is 0 Å². The molecule has 1 atom stereocenters. The van der Waals surface area contributed by atoms with E-state index in [1.807, 2.05) is 4.90 Å². The zero-order valence-electron chi connectivity index (χ0n) is 13.7. The molecule has 2 heterocycles. The Labute approximate surface area is 133 Å². The third-order valence-electron chi connectivity index (χ3n) is 4.84. The molecule has 4 heteroatoms. The normalized spacial score (nSPS) is 23.0. The third-order valence-corrected chi connectivity index (χ3v) is 4.84. The summed E-state index contributed by atoms with van der Waals surface area (Å²) >= 11 is 0. The minimum Gasteiger partial charge on any atom is -0.378 e. The van der Waals surface area contributed by atoms with E-state index in [1.54, 1.807) is 0 Å². The Morgan fingerprint density at radius 1 is 1.23 bits per heavy atom. The monoisotopic (exact) mass is 302 g/mol. The van der Waals surface area contributed by atoms with E-state index < -0.39 is 0 Å². The summed E-state index contributed by atoms with van der Waals surface area (Å²) in [7, 11) is 0. The number of morpholine rings is 1. The predicted molar refractivity (Wildman–Crippen MR) is 86.7 cm³/mol. The minimum atomic E-state index is 0.170.